The summed E-state index contributed by atoms with van der Waals surface area (Å²) in [5.74, 6) is 2.93. The van der Waals surface area contributed by atoms with E-state index in [2.05, 4.69) is 68.7 Å². The molecular weight excluding hydrogens is 589 g/mol. The maximum absolute atomic E-state index is 14.0. The zero-order valence-electron chi connectivity index (χ0n) is 28.0. The molecule has 0 saturated heterocycles. The van der Waals surface area contributed by atoms with Gasteiger partial charge in [-0.1, -0.05) is 37.3 Å². The minimum Gasteiger partial charge on any atom is -0.494 e. The number of fused-ring (bicyclic) bond motifs is 5. The fourth-order valence-electron chi connectivity index (χ4n) is 5.74. The zero-order valence-corrected chi connectivity index (χ0v) is 29.6. The van der Waals surface area contributed by atoms with Crippen LogP contribution in [0.2, 0.25) is 0 Å². The van der Waals surface area contributed by atoms with Crippen LogP contribution in [0.15, 0.2) is 65.3 Å². The van der Waals surface area contributed by atoms with E-state index in [1.165, 1.54) is 0 Å². The highest BCUT2D eigenvalue weighted by Crippen LogP contribution is 2.38. The standard InChI is InChI=1S/C37H54O5S2/c1-27-19-30-24-36(38)31-21-32(26-41-16-18-44(5,6)7)34(23-31)28-12-10-13-33(22-28)42-14-9-8-11-29(37(39)35(30)20-27)25-40-15-17-43(2,3)4/h10,12-13,19-23,27,29,32H,8-9,11,14-18,24-26H2,1-7H3. The van der Waals surface area contributed by atoms with E-state index in [0.717, 1.165) is 53.2 Å². The summed E-state index contributed by atoms with van der Waals surface area (Å²) in [5.41, 5.74) is 4.40. The molecule has 0 fully saturated rings. The average molecular weight is 643 g/mol. The van der Waals surface area contributed by atoms with E-state index in [9.17, 15) is 9.59 Å². The Hall–Kier alpha value is -2.06. The molecule has 0 spiro atoms. The number of carbonyl (C=O) groups is 2. The largest absolute Gasteiger partial charge is 0.494 e. The Morgan fingerprint density at radius 1 is 0.886 bits per heavy atom. The van der Waals surface area contributed by atoms with Crippen molar-refractivity contribution in [3.63, 3.8) is 0 Å². The van der Waals surface area contributed by atoms with Gasteiger partial charge in [0, 0.05) is 40.9 Å². The number of Topliss-reactive ketones (excluding diaryl/α,β-unsaturated/α-hetero) is 2. The maximum Gasteiger partial charge on any atom is 0.168 e. The number of ketones is 2. The lowest BCUT2D eigenvalue weighted by molar-refractivity contribution is -0.121. The summed E-state index contributed by atoms with van der Waals surface area (Å²) < 4.78 is 18.5. The number of rotatable bonds is 10. The lowest BCUT2D eigenvalue weighted by Gasteiger charge is -2.25. The molecule has 0 amide bonds. The Labute approximate surface area is 269 Å². The van der Waals surface area contributed by atoms with Gasteiger partial charge in [-0.05, 0) is 97.6 Å². The van der Waals surface area contributed by atoms with E-state index in [1.807, 2.05) is 24.3 Å². The lowest BCUT2D eigenvalue weighted by atomic mass is 9.88. The molecule has 2 aliphatic carbocycles. The first-order valence-electron chi connectivity index (χ1n) is 15.9. The van der Waals surface area contributed by atoms with Crippen LogP contribution in [-0.4, -0.2) is 93.6 Å². The second kappa shape index (κ2) is 15.5. The molecule has 44 heavy (non-hydrogen) atoms. The number of carbonyl (C=O) groups excluding carboxylic acids is 2. The quantitative estimate of drug-likeness (QED) is 0.252. The first-order chi connectivity index (χ1) is 20.8. The summed E-state index contributed by atoms with van der Waals surface area (Å²) in [6.45, 7) is 5.01. The molecule has 244 valence electrons. The predicted molar refractivity (Wildman–Crippen MR) is 191 cm³/mol. The fourth-order valence-corrected chi connectivity index (χ4v) is 6.98. The lowest BCUT2D eigenvalue weighted by Crippen LogP contribution is -2.24. The topological polar surface area (TPSA) is 61.8 Å². The van der Waals surface area contributed by atoms with Crippen LogP contribution in [0.1, 0.15) is 38.2 Å². The van der Waals surface area contributed by atoms with Crippen molar-refractivity contribution in [2.24, 2.45) is 17.8 Å². The van der Waals surface area contributed by atoms with Crippen LogP contribution >= 0.6 is 20.1 Å². The van der Waals surface area contributed by atoms with E-state index in [4.69, 9.17) is 14.2 Å². The van der Waals surface area contributed by atoms with Gasteiger partial charge in [0.25, 0.3) is 0 Å². The molecular formula is C37H54O5S2. The highest BCUT2D eigenvalue weighted by atomic mass is 32.3. The number of allylic oxidation sites excluding steroid dienone is 6. The molecule has 4 bridgehead atoms. The molecule has 1 aromatic carbocycles. The van der Waals surface area contributed by atoms with E-state index in [0.29, 0.717) is 44.2 Å². The maximum atomic E-state index is 14.0. The molecule has 3 unspecified atom stereocenters. The van der Waals surface area contributed by atoms with Crippen LogP contribution in [0.3, 0.4) is 0 Å². The van der Waals surface area contributed by atoms with Crippen molar-refractivity contribution >= 4 is 37.2 Å². The molecule has 0 N–H and O–H groups in total. The zero-order chi connectivity index (χ0) is 31.9. The van der Waals surface area contributed by atoms with Crippen molar-refractivity contribution in [1.29, 1.82) is 0 Å². The summed E-state index contributed by atoms with van der Waals surface area (Å²) in [4.78, 5) is 27.8. The third-order valence-corrected chi connectivity index (χ3v) is 11.1. The Bertz CT molecular complexity index is 1310. The minimum atomic E-state index is -0.662. The first kappa shape index (κ1) is 34.8. The van der Waals surface area contributed by atoms with Gasteiger partial charge in [0.05, 0.1) is 33.0 Å². The van der Waals surface area contributed by atoms with Gasteiger partial charge in [-0.25, -0.2) is 20.1 Å². The summed E-state index contributed by atoms with van der Waals surface area (Å²) >= 11 is 0. The molecule has 5 nitrogen and oxygen atoms in total. The predicted octanol–water partition coefficient (Wildman–Crippen LogP) is 7.26. The van der Waals surface area contributed by atoms with Gasteiger partial charge in [-0.2, -0.15) is 0 Å². The summed E-state index contributed by atoms with van der Waals surface area (Å²) in [6, 6.07) is 8.18. The van der Waals surface area contributed by atoms with Crippen LogP contribution in [-0.2, 0) is 19.1 Å². The molecule has 7 heteroatoms. The molecule has 0 aromatic heterocycles. The molecule has 3 atom stereocenters. The molecule has 1 aliphatic heterocycles. The van der Waals surface area contributed by atoms with Gasteiger partial charge in [0.15, 0.2) is 11.6 Å². The van der Waals surface area contributed by atoms with Crippen molar-refractivity contribution in [2.75, 3.05) is 82.1 Å². The third kappa shape index (κ3) is 10.5. The Morgan fingerprint density at radius 2 is 1.59 bits per heavy atom. The molecule has 0 radical (unpaired) electrons. The summed E-state index contributed by atoms with van der Waals surface area (Å²) in [7, 11) is -1.30. The van der Waals surface area contributed by atoms with E-state index in [1.54, 1.807) is 0 Å². The number of hydrogen-bond donors (Lipinski definition) is 0. The van der Waals surface area contributed by atoms with Crippen molar-refractivity contribution in [3.05, 3.63) is 70.9 Å². The second-order valence-corrected chi connectivity index (χ2v) is 23.4. The molecule has 4 rings (SSSR count). The van der Waals surface area contributed by atoms with Crippen LogP contribution in [0, 0.1) is 17.8 Å². The highest BCUT2D eigenvalue weighted by molar-refractivity contribution is 8.32. The monoisotopic (exact) mass is 642 g/mol. The van der Waals surface area contributed by atoms with Crippen molar-refractivity contribution in [2.45, 2.75) is 32.6 Å². The number of ether oxygens (including phenoxy) is 3. The van der Waals surface area contributed by atoms with Gasteiger partial charge in [-0.3, -0.25) is 9.59 Å². The van der Waals surface area contributed by atoms with Gasteiger partial charge in [0.2, 0.25) is 0 Å². The van der Waals surface area contributed by atoms with Crippen molar-refractivity contribution < 1.29 is 23.8 Å². The summed E-state index contributed by atoms with van der Waals surface area (Å²) in [6.07, 6.45) is 24.7. The molecule has 3 aliphatic rings. The first-order valence-corrected chi connectivity index (χ1v) is 22.0. The van der Waals surface area contributed by atoms with Gasteiger partial charge < -0.3 is 14.2 Å². The number of benzene rings is 1. The third-order valence-electron chi connectivity index (χ3n) is 8.32. The second-order valence-electron chi connectivity index (χ2n) is 14.2. The van der Waals surface area contributed by atoms with Crippen molar-refractivity contribution in [3.8, 4) is 5.75 Å². The van der Waals surface area contributed by atoms with E-state index >= 15 is 0 Å². The Balaban J connectivity index is 1.57. The molecule has 1 aromatic rings. The van der Waals surface area contributed by atoms with Crippen LogP contribution < -0.4 is 4.74 Å². The minimum absolute atomic E-state index is 0.0114. The van der Waals surface area contributed by atoms with Crippen LogP contribution in [0.25, 0.3) is 5.57 Å². The van der Waals surface area contributed by atoms with Crippen LogP contribution in [0.4, 0.5) is 0 Å². The Morgan fingerprint density at radius 3 is 2.30 bits per heavy atom. The normalized spacial score (nSPS) is 24.0. The molecule has 0 saturated carbocycles. The van der Waals surface area contributed by atoms with E-state index < -0.39 is 20.1 Å². The number of hydrogen-bond acceptors (Lipinski definition) is 5. The average Bonchev–Trinajstić information content (AvgIpc) is 3.53. The van der Waals surface area contributed by atoms with Gasteiger partial charge in [-0.15, -0.1) is 0 Å². The SMILES string of the molecule is CC1C=C2CC(=O)C3=CC(COCCS(C)(C)C)C(=C3)c3cccc(c3)OCCCCC(COCCS(C)(C)C)C(=O)C2=C1. The highest BCUT2D eigenvalue weighted by Gasteiger charge is 2.31. The summed E-state index contributed by atoms with van der Waals surface area (Å²) in [5, 5.41) is 0. The molecule has 1 heterocycles. The van der Waals surface area contributed by atoms with Gasteiger partial charge in [0.1, 0.15) is 5.75 Å². The van der Waals surface area contributed by atoms with E-state index in [-0.39, 0.29) is 35.7 Å². The van der Waals surface area contributed by atoms with Crippen LogP contribution in [0.5, 0.6) is 5.75 Å². The van der Waals surface area contributed by atoms with Gasteiger partial charge >= 0.3 is 0 Å². The van der Waals surface area contributed by atoms with Crippen molar-refractivity contribution in [1.82, 2.24) is 0 Å². The smallest absolute Gasteiger partial charge is 0.168 e. The fraction of sp³-hybridized carbons (Fsp3) is 0.568. The Kier molecular flexibility index (Phi) is 12.3.